The first kappa shape index (κ1) is 13.4. The molecule has 4 N–H and O–H groups in total. The van der Waals surface area contributed by atoms with Gasteiger partial charge in [0.1, 0.15) is 0 Å². The molecule has 0 saturated heterocycles. The van der Waals surface area contributed by atoms with Crippen molar-refractivity contribution >= 4 is 23.2 Å². The van der Waals surface area contributed by atoms with Crippen LogP contribution in [0.4, 0.5) is 11.9 Å². The van der Waals surface area contributed by atoms with Crippen LogP contribution in [0.3, 0.4) is 0 Å². The molecule has 102 valence electrons. The molecule has 2 heterocycles. The number of nitrogens with two attached hydrogens (primary N) is 1. The van der Waals surface area contributed by atoms with E-state index in [1.807, 2.05) is 13.8 Å². The Hall–Kier alpha value is -2.00. The summed E-state index contributed by atoms with van der Waals surface area (Å²) in [5.41, 5.74) is 4.15. The maximum atomic E-state index is 5.43. The fourth-order valence-electron chi connectivity index (χ4n) is 1.26. The molecule has 0 aromatic carbocycles. The Morgan fingerprint density at radius 3 is 2.74 bits per heavy atom. The number of nitrogens with one attached hydrogen (secondary N) is 2. The van der Waals surface area contributed by atoms with Gasteiger partial charge in [-0.2, -0.15) is 15.0 Å². The highest BCUT2D eigenvalue weighted by molar-refractivity contribution is 7.09. The van der Waals surface area contributed by atoms with Crippen molar-refractivity contribution in [3.63, 3.8) is 0 Å². The van der Waals surface area contributed by atoms with Crippen molar-refractivity contribution in [1.82, 2.24) is 19.9 Å². The summed E-state index contributed by atoms with van der Waals surface area (Å²) in [6, 6.07) is 0.227. The second-order valence-corrected chi connectivity index (χ2v) is 4.87. The van der Waals surface area contributed by atoms with Crippen molar-refractivity contribution in [3.05, 3.63) is 16.6 Å². The molecule has 2 rings (SSSR count). The van der Waals surface area contributed by atoms with Crippen LogP contribution in [0.5, 0.6) is 6.01 Å². The topological polar surface area (TPSA) is 111 Å². The van der Waals surface area contributed by atoms with Crippen molar-refractivity contribution in [2.75, 3.05) is 10.7 Å². The standard InChI is InChI=1S/C10H15N7OS/c1-6(2)18-10-15-8(14-9(16-10)17-11)13-4-7-3-12-5-19-7/h3,5-6H,4,11H2,1-2H3,(H2,13,14,15,16,17). The van der Waals surface area contributed by atoms with Gasteiger partial charge in [-0.1, -0.05) is 0 Å². The zero-order chi connectivity index (χ0) is 13.7. The van der Waals surface area contributed by atoms with Crippen molar-refractivity contribution in [1.29, 1.82) is 0 Å². The van der Waals surface area contributed by atoms with Crippen LogP contribution in [0.2, 0.25) is 0 Å². The summed E-state index contributed by atoms with van der Waals surface area (Å²) < 4.78 is 5.43. The van der Waals surface area contributed by atoms with Gasteiger partial charge in [0.2, 0.25) is 11.9 Å². The van der Waals surface area contributed by atoms with E-state index in [9.17, 15) is 0 Å². The zero-order valence-corrected chi connectivity index (χ0v) is 11.4. The van der Waals surface area contributed by atoms with Crippen LogP contribution < -0.4 is 21.3 Å². The van der Waals surface area contributed by atoms with E-state index in [2.05, 4.69) is 30.7 Å². The number of nitrogens with zero attached hydrogens (tertiary/aromatic N) is 4. The molecular weight excluding hydrogens is 266 g/mol. The molecule has 2 aromatic rings. The largest absolute Gasteiger partial charge is 0.461 e. The molecule has 0 unspecified atom stereocenters. The van der Waals surface area contributed by atoms with Crippen LogP contribution in [-0.2, 0) is 6.54 Å². The number of aromatic nitrogens is 4. The van der Waals surface area contributed by atoms with Crippen LogP contribution in [0.15, 0.2) is 11.7 Å². The Bertz CT molecular complexity index is 517. The Morgan fingerprint density at radius 2 is 2.11 bits per heavy atom. The van der Waals surface area contributed by atoms with Crippen LogP contribution in [0.1, 0.15) is 18.7 Å². The molecule has 0 spiro atoms. The van der Waals surface area contributed by atoms with E-state index in [4.69, 9.17) is 10.6 Å². The lowest BCUT2D eigenvalue weighted by Gasteiger charge is -2.10. The third kappa shape index (κ3) is 4.00. The Morgan fingerprint density at radius 1 is 1.32 bits per heavy atom. The number of rotatable bonds is 6. The Kier molecular flexibility index (Phi) is 4.42. The minimum Gasteiger partial charge on any atom is -0.461 e. The molecule has 2 aromatic heterocycles. The van der Waals surface area contributed by atoms with Crippen LogP contribution in [-0.4, -0.2) is 26.0 Å². The van der Waals surface area contributed by atoms with Gasteiger partial charge in [0.25, 0.3) is 0 Å². The molecule has 19 heavy (non-hydrogen) atoms. The summed E-state index contributed by atoms with van der Waals surface area (Å²) in [5, 5.41) is 3.07. The summed E-state index contributed by atoms with van der Waals surface area (Å²) in [7, 11) is 0. The zero-order valence-electron chi connectivity index (χ0n) is 10.6. The maximum Gasteiger partial charge on any atom is 0.323 e. The molecule has 0 atom stereocenters. The molecule has 0 radical (unpaired) electrons. The van der Waals surface area contributed by atoms with Gasteiger partial charge >= 0.3 is 6.01 Å². The lowest BCUT2D eigenvalue weighted by atomic mass is 10.5. The summed E-state index contributed by atoms with van der Waals surface area (Å²) in [4.78, 5) is 17.3. The first-order valence-electron chi connectivity index (χ1n) is 5.68. The molecule has 0 aliphatic rings. The molecule has 0 bridgehead atoms. The van der Waals surface area contributed by atoms with Crippen molar-refractivity contribution in [3.8, 4) is 6.01 Å². The third-order valence-electron chi connectivity index (χ3n) is 1.99. The highest BCUT2D eigenvalue weighted by atomic mass is 32.1. The number of thiazole rings is 1. The van der Waals surface area contributed by atoms with E-state index in [1.54, 1.807) is 23.0 Å². The summed E-state index contributed by atoms with van der Waals surface area (Å²) in [5.74, 6) is 5.96. The highest BCUT2D eigenvalue weighted by Gasteiger charge is 2.08. The van der Waals surface area contributed by atoms with Crippen LogP contribution >= 0.6 is 11.3 Å². The quantitative estimate of drug-likeness (QED) is 0.531. The highest BCUT2D eigenvalue weighted by Crippen LogP contribution is 2.13. The number of hydrazine groups is 1. The van der Waals surface area contributed by atoms with Gasteiger partial charge < -0.3 is 10.1 Å². The van der Waals surface area contributed by atoms with Crippen molar-refractivity contribution in [2.45, 2.75) is 26.5 Å². The Labute approximate surface area is 114 Å². The van der Waals surface area contributed by atoms with E-state index in [-0.39, 0.29) is 18.1 Å². The lowest BCUT2D eigenvalue weighted by molar-refractivity contribution is 0.222. The molecule has 0 amide bonds. The third-order valence-corrected chi connectivity index (χ3v) is 2.77. The van der Waals surface area contributed by atoms with E-state index in [1.165, 1.54) is 0 Å². The van der Waals surface area contributed by atoms with Gasteiger partial charge in [-0.15, -0.1) is 11.3 Å². The van der Waals surface area contributed by atoms with Gasteiger partial charge in [-0.25, -0.2) is 5.84 Å². The number of hydrogen-bond donors (Lipinski definition) is 3. The first-order valence-corrected chi connectivity index (χ1v) is 6.56. The van der Waals surface area contributed by atoms with E-state index in [0.717, 1.165) is 4.88 Å². The fourth-order valence-corrected chi connectivity index (χ4v) is 1.79. The number of nitrogen functional groups attached to an aromatic ring is 1. The second kappa shape index (κ2) is 6.25. The predicted molar refractivity (Wildman–Crippen MR) is 72.8 cm³/mol. The van der Waals surface area contributed by atoms with Crippen molar-refractivity contribution < 1.29 is 4.74 Å². The predicted octanol–water partition coefficient (Wildman–Crippen LogP) is 1.01. The number of ether oxygens (including phenoxy) is 1. The second-order valence-electron chi connectivity index (χ2n) is 3.90. The van der Waals surface area contributed by atoms with Crippen LogP contribution in [0, 0.1) is 0 Å². The summed E-state index contributed by atoms with van der Waals surface area (Å²) in [6.45, 7) is 4.37. The van der Waals surface area contributed by atoms with Gasteiger partial charge in [-0.05, 0) is 13.8 Å². The summed E-state index contributed by atoms with van der Waals surface area (Å²) in [6.07, 6.45) is 1.76. The molecule has 9 heteroatoms. The van der Waals surface area contributed by atoms with E-state index < -0.39 is 0 Å². The van der Waals surface area contributed by atoms with Crippen LogP contribution in [0.25, 0.3) is 0 Å². The van der Waals surface area contributed by atoms with Gasteiger partial charge in [-0.3, -0.25) is 10.4 Å². The number of anilines is 2. The Balaban J connectivity index is 2.09. The lowest BCUT2D eigenvalue weighted by Crippen LogP contribution is -2.16. The summed E-state index contributed by atoms with van der Waals surface area (Å²) >= 11 is 1.55. The SMILES string of the molecule is CC(C)Oc1nc(NN)nc(NCc2cncs2)n1. The smallest absolute Gasteiger partial charge is 0.323 e. The van der Waals surface area contributed by atoms with Crippen molar-refractivity contribution in [2.24, 2.45) is 5.84 Å². The maximum absolute atomic E-state index is 5.43. The first-order chi connectivity index (χ1) is 9.17. The molecule has 0 aliphatic heterocycles. The minimum atomic E-state index is -0.0256. The van der Waals surface area contributed by atoms with Gasteiger partial charge in [0, 0.05) is 11.1 Å². The molecule has 8 nitrogen and oxygen atoms in total. The fraction of sp³-hybridized carbons (Fsp3) is 0.400. The van der Waals surface area contributed by atoms with E-state index in [0.29, 0.717) is 12.5 Å². The number of hydrogen-bond acceptors (Lipinski definition) is 9. The minimum absolute atomic E-state index is 0.0256. The molecule has 0 aliphatic carbocycles. The average Bonchev–Trinajstić information content (AvgIpc) is 2.88. The normalized spacial score (nSPS) is 10.5. The van der Waals surface area contributed by atoms with Gasteiger partial charge in [0.15, 0.2) is 0 Å². The molecule has 0 saturated carbocycles. The van der Waals surface area contributed by atoms with Gasteiger partial charge in [0.05, 0.1) is 18.2 Å². The molecular formula is C10H15N7OS. The monoisotopic (exact) mass is 281 g/mol. The van der Waals surface area contributed by atoms with E-state index >= 15 is 0 Å². The molecule has 0 fully saturated rings. The average molecular weight is 281 g/mol.